The summed E-state index contributed by atoms with van der Waals surface area (Å²) >= 11 is 4.13. The van der Waals surface area contributed by atoms with Crippen LogP contribution < -0.4 is 5.32 Å². The lowest BCUT2D eigenvalue weighted by atomic mass is 10.0. The molecule has 1 N–H and O–H groups in total. The van der Waals surface area contributed by atoms with Gasteiger partial charge in [-0.1, -0.05) is 19.1 Å². The molecule has 0 radical (unpaired) electrons. The van der Waals surface area contributed by atoms with Gasteiger partial charge in [-0.3, -0.25) is 0 Å². The third kappa shape index (κ3) is 4.18. The van der Waals surface area contributed by atoms with Gasteiger partial charge in [-0.05, 0) is 30.7 Å². The second-order valence-electron chi connectivity index (χ2n) is 4.48. The van der Waals surface area contributed by atoms with E-state index < -0.39 is 0 Å². The fourth-order valence-electron chi connectivity index (χ4n) is 2.21. The van der Waals surface area contributed by atoms with Gasteiger partial charge in [0.1, 0.15) is 5.82 Å². The van der Waals surface area contributed by atoms with Crippen LogP contribution in [0.4, 0.5) is 4.39 Å². The predicted octanol–water partition coefficient (Wildman–Crippen LogP) is 3.19. The van der Waals surface area contributed by atoms with Gasteiger partial charge in [0.05, 0.1) is 0 Å². The Labute approximate surface area is 117 Å². The molecule has 2 atom stereocenters. The summed E-state index contributed by atoms with van der Waals surface area (Å²) in [5.74, 6) is 3.60. The molecule has 1 nitrogen and oxygen atoms in total. The number of halogens is 1. The van der Waals surface area contributed by atoms with E-state index in [2.05, 4.69) is 24.0 Å². The molecule has 0 amide bonds. The fraction of sp³-hybridized carbons (Fsp3) is 0.571. The number of hydrogen-bond acceptors (Lipinski definition) is 3. The molecule has 4 heteroatoms. The van der Waals surface area contributed by atoms with Gasteiger partial charge >= 0.3 is 0 Å². The highest BCUT2D eigenvalue weighted by atomic mass is 32.2. The van der Waals surface area contributed by atoms with Crippen LogP contribution in [0, 0.1) is 5.82 Å². The Balaban J connectivity index is 1.98. The van der Waals surface area contributed by atoms with E-state index in [9.17, 15) is 4.39 Å². The molecule has 18 heavy (non-hydrogen) atoms. The van der Waals surface area contributed by atoms with Crippen LogP contribution in [-0.2, 0) is 6.42 Å². The highest BCUT2D eigenvalue weighted by Gasteiger charge is 2.23. The second kappa shape index (κ2) is 7.41. The van der Waals surface area contributed by atoms with Crippen LogP contribution in [0.25, 0.3) is 0 Å². The van der Waals surface area contributed by atoms with Crippen LogP contribution in [0.15, 0.2) is 24.3 Å². The summed E-state index contributed by atoms with van der Waals surface area (Å²) in [4.78, 5) is 0. The lowest BCUT2D eigenvalue weighted by Crippen LogP contribution is -2.42. The lowest BCUT2D eigenvalue weighted by molar-refractivity contribution is 0.522. The Morgan fingerprint density at radius 2 is 2.11 bits per heavy atom. The molecule has 1 heterocycles. The van der Waals surface area contributed by atoms with Crippen LogP contribution in [0.3, 0.4) is 0 Å². The van der Waals surface area contributed by atoms with E-state index in [0.717, 1.165) is 13.0 Å². The van der Waals surface area contributed by atoms with Crippen molar-refractivity contribution in [1.82, 2.24) is 5.32 Å². The standard InChI is InChI=1S/C14H20FNS2/c1-2-16-13(14-10-17-7-8-18-14)9-11-3-5-12(15)6-4-11/h3-6,13-14,16H,2,7-10H2,1H3. The third-order valence-corrected chi connectivity index (χ3v) is 6.05. The molecule has 1 aromatic carbocycles. The minimum atomic E-state index is -0.152. The first-order valence-corrected chi connectivity index (χ1v) is 8.67. The van der Waals surface area contributed by atoms with Crippen molar-refractivity contribution in [2.45, 2.75) is 24.6 Å². The van der Waals surface area contributed by atoms with E-state index in [1.54, 1.807) is 12.1 Å². The molecule has 0 bridgehead atoms. The maximum absolute atomic E-state index is 12.9. The molecule has 1 fully saturated rings. The Bertz CT molecular complexity index is 349. The fourth-order valence-corrected chi connectivity index (χ4v) is 5.10. The summed E-state index contributed by atoms with van der Waals surface area (Å²) in [6.07, 6.45) is 0.992. The molecule has 0 aliphatic carbocycles. The average Bonchev–Trinajstić information content (AvgIpc) is 2.42. The molecular formula is C14H20FNS2. The van der Waals surface area contributed by atoms with Crippen molar-refractivity contribution < 1.29 is 4.39 Å². The van der Waals surface area contributed by atoms with Crippen LogP contribution in [-0.4, -0.2) is 35.1 Å². The van der Waals surface area contributed by atoms with Crippen LogP contribution in [0.1, 0.15) is 12.5 Å². The van der Waals surface area contributed by atoms with Crippen molar-refractivity contribution in [3.63, 3.8) is 0 Å². The van der Waals surface area contributed by atoms with E-state index in [1.807, 2.05) is 23.9 Å². The normalized spacial score (nSPS) is 21.8. The predicted molar refractivity (Wildman–Crippen MR) is 81.1 cm³/mol. The number of thioether (sulfide) groups is 2. The van der Waals surface area contributed by atoms with Gasteiger partial charge in [0, 0.05) is 28.6 Å². The smallest absolute Gasteiger partial charge is 0.123 e. The SMILES string of the molecule is CCNC(Cc1ccc(F)cc1)C1CSCCS1. The molecule has 1 aromatic rings. The molecule has 0 spiro atoms. The first-order valence-electron chi connectivity index (χ1n) is 6.46. The zero-order chi connectivity index (χ0) is 12.8. The maximum Gasteiger partial charge on any atom is 0.123 e. The summed E-state index contributed by atoms with van der Waals surface area (Å²) in [6.45, 7) is 3.14. The minimum Gasteiger partial charge on any atom is -0.313 e. The summed E-state index contributed by atoms with van der Waals surface area (Å²) in [5, 5.41) is 4.26. The number of nitrogens with one attached hydrogen (secondary N) is 1. The quantitative estimate of drug-likeness (QED) is 0.892. The zero-order valence-corrected chi connectivity index (χ0v) is 12.3. The molecule has 100 valence electrons. The molecular weight excluding hydrogens is 265 g/mol. The summed E-state index contributed by atoms with van der Waals surface area (Å²) < 4.78 is 12.9. The molecule has 2 unspecified atom stereocenters. The molecule has 1 saturated heterocycles. The van der Waals surface area contributed by atoms with Crippen molar-refractivity contribution in [3.8, 4) is 0 Å². The number of likely N-dealkylation sites (N-methyl/N-ethyl adjacent to an activating group) is 1. The van der Waals surface area contributed by atoms with Crippen LogP contribution in [0.2, 0.25) is 0 Å². The molecule has 1 aliphatic rings. The van der Waals surface area contributed by atoms with E-state index in [1.165, 1.54) is 22.8 Å². The summed E-state index contributed by atoms with van der Waals surface area (Å²) in [6, 6.07) is 7.42. The monoisotopic (exact) mass is 285 g/mol. The topological polar surface area (TPSA) is 12.0 Å². The van der Waals surface area contributed by atoms with Gasteiger partial charge in [-0.25, -0.2) is 4.39 Å². The molecule has 0 saturated carbocycles. The van der Waals surface area contributed by atoms with Gasteiger partial charge in [0.15, 0.2) is 0 Å². The average molecular weight is 285 g/mol. The molecule has 0 aromatic heterocycles. The van der Waals surface area contributed by atoms with Gasteiger partial charge in [-0.15, -0.1) is 0 Å². The van der Waals surface area contributed by atoms with E-state index in [-0.39, 0.29) is 5.82 Å². The van der Waals surface area contributed by atoms with Crippen molar-refractivity contribution in [1.29, 1.82) is 0 Å². The number of hydrogen-bond donors (Lipinski definition) is 1. The van der Waals surface area contributed by atoms with E-state index >= 15 is 0 Å². The first kappa shape index (κ1) is 14.2. The van der Waals surface area contributed by atoms with Gasteiger partial charge < -0.3 is 5.32 Å². The number of benzene rings is 1. The number of rotatable bonds is 5. The van der Waals surface area contributed by atoms with Crippen molar-refractivity contribution in [2.24, 2.45) is 0 Å². The van der Waals surface area contributed by atoms with Crippen molar-refractivity contribution in [2.75, 3.05) is 23.8 Å². The largest absolute Gasteiger partial charge is 0.313 e. The van der Waals surface area contributed by atoms with Gasteiger partial charge in [0.2, 0.25) is 0 Å². The summed E-state index contributed by atoms with van der Waals surface area (Å²) in [5.41, 5.74) is 1.22. The Hall–Kier alpha value is -0.190. The van der Waals surface area contributed by atoms with E-state index in [4.69, 9.17) is 0 Å². The van der Waals surface area contributed by atoms with Crippen molar-refractivity contribution >= 4 is 23.5 Å². The Morgan fingerprint density at radius 3 is 2.72 bits per heavy atom. The highest BCUT2D eigenvalue weighted by Crippen LogP contribution is 2.27. The minimum absolute atomic E-state index is 0.152. The molecule has 1 aliphatic heterocycles. The summed E-state index contributed by atoms with van der Waals surface area (Å²) in [7, 11) is 0. The van der Waals surface area contributed by atoms with Gasteiger partial charge in [-0.2, -0.15) is 23.5 Å². The van der Waals surface area contributed by atoms with Crippen molar-refractivity contribution in [3.05, 3.63) is 35.6 Å². The highest BCUT2D eigenvalue weighted by molar-refractivity contribution is 8.06. The van der Waals surface area contributed by atoms with Gasteiger partial charge in [0.25, 0.3) is 0 Å². The zero-order valence-electron chi connectivity index (χ0n) is 10.7. The van der Waals surface area contributed by atoms with E-state index in [0.29, 0.717) is 11.3 Å². The van der Waals surface area contributed by atoms with Crippen LogP contribution in [0.5, 0.6) is 0 Å². The van der Waals surface area contributed by atoms with Crippen LogP contribution >= 0.6 is 23.5 Å². The Kier molecular flexibility index (Phi) is 5.86. The maximum atomic E-state index is 12.9. The Morgan fingerprint density at radius 1 is 1.33 bits per heavy atom. The molecule has 2 rings (SSSR count). The third-order valence-electron chi connectivity index (χ3n) is 3.13. The lowest BCUT2D eigenvalue weighted by Gasteiger charge is -2.30. The first-order chi connectivity index (χ1) is 8.79. The second-order valence-corrected chi connectivity index (χ2v) is 6.98.